The molecule has 1 unspecified atom stereocenters. The number of hydrogen-bond acceptors (Lipinski definition) is 4. The maximum Gasteiger partial charge on any atom is 0.243 e. The molecule has 120 valence electrons. The summed E-state index contributed by atoms with van der Waals surface area (Å²) in [5, 5.41) is 0.303. The molecule has 1 aromatic carbocycles. The number of hydrogen-bond donors (Lipinski definition) is 0. The monoisotopic (exact) mass is 340 g/mol. The third-order valence-corrected chi connectivity index (χ3v) is 7.12. The number of sulfonamides is 1. The van der Waals surface area contributed by atoms with E-state index in [0.717, 1.165) is 23.4 Å². The molecule has 2 heterocycles. The molecule has 2 aliphatic rings. The van der Waals surface area contributed by atoms with Gasteiger partial charge in [-0.05, 0) is 31.0 Å². The zero-order valence-corrected chi connectivity index (χ0v) is 14.4. The average Bonchev–Trinajstić information content (AvgIpc) is 3.00. The van der Waals surface area contributed by atoms with E-state index in [1.54, 1.807) is 28.8 Å². The Kier molecular flexibility index (Phi) is 4.22. The number of carbonyl (C=O) groups excluding carboxylic acids is 1. The van der Waals surface area contributed by atoms with E-state index in [1.165, 1.54) is 11.2 Å². The van der Waals surface area contributed by atoms with Gasteiger partial charge in [-0.15, -0.1) is 11.8 Å². The summed E-state index contributed by atoms with van der Waals surface area (Å²) in [4.78, 5) is 14.8. The Morgan fingerprint density at radius 1 is 1.27 bits per heavy atom. The van der Waals surface area contributed by atoms with Crippen molar-refractivity contribution in [3.8, 4) is 0 Å². The standard InChI is InChI=1S/C15H20N2O3S2/c1-11-10-17(12(2)18)14-9-13(5-6-15(14)21-11)22(19,20)16-7-3-4-8-16/h5-6,9,11H,3-4,7-8,10H2,1-2H3. The quantitative estimate of drug-likeness (QED) is 0.829. The molecule has 7 heteroatoms. The molecule has 1 amide bonds. The van der Waals surface area contributed by atoms with Crippen LogP contribution in [0.1, 0.15) is 26.7 Å². The predicted octanol–water partition coefficient (Wildman–Crippen LogP) is 2.32. The molecule has 22 heavy (non-hydrogen) atoms. The van der Waals surface area contributed by atoms with Crippen molar-refractivity contribution < 1.29 is 13.2 Å². The first kappa shape index (κ1) is 15.8. The van der Waals surface area contributed by atoms with Crippen LogP contribution in [0.5, 0.6) is 0 Å². The fraction of sp³-hybridized carbons (Fsp3) is 0.533. The van der Waals surface area contributed by atoms with Crippen LogP contribution in [0.25, 0.3) is 0 Å². The minimum absolute atomic E-state index is 0.0517. The Morgan fingerprint density at radius 3 is 2.59 bits per heavy atom. The summed E-state index contributed by atoms with van der Waals surface area (Å²) in [6, 6.07) is 5.15. The van der Waals surface area contributed by atoms with Crippen LogP contribution >= 0.6 is 11.8 Å². The lowest BCUT2D eigenvalue weighted by Crippen LogP contribution is -2.37. The van der Waals surface area contributed by atoms with Gasteiger partial charge in [0.1, 0.15) is 0 Å². The van der Waals surface area contributed by atoms with E-state index in [-0.39, 0.29) is 10.8 Å². The number of nitrogens with zero attached hydrogens (tertiary/aromatic N) is 2. The Labute approximate surface area is 135 Å². The van der Waals surface area contributed by atoms with Crippen LogP contribution in [-0.2, 0) is 14.8 Å². The SMILES string of the molecule is CC(=O)N1CC(C)Sc2ccc(S(=O)(=O)N3CCCC3)cc21. The second-order valence-electron chi connectivity index (χ2n) is 5.80. The zero-order valence-electron chi connectivity index (χ0n) is 12.8. The molecule has 1 fully saturated rings. The summed E-state index contributed by atoms with van der Waals surface area (Å²) < 4.78 is 26.9. The smallest absolute Gasteiger partial charge is 0.243 e. The van der Waals surface area contributed by atoms with Crippen molar-refractivity contribution in [2.75, 3.05) is 24.5 Å². The molecule has 1 atom stereocenters. The number of anilines is 1. The maximum absolute atomic E-state index is 12.7. The molecular formula is C15H20N2O3S2. The lowest BCUT2D eigenvalue weighted by Gasteiger charge is -2.32. The summed E-state index contributed by atoms with van der Waals surface area (Å²) >= 11 is 1.68. The van der Waals surface area contributed by atoms with Crippen LogP contribution in [0.3, 0.4) is 0 Å². The topological polar surface area (TPSA) is 57.7 Å². The highest BCUT2D eigenvalue weighted by Crippen LogP contribution is 2.40. The van der Waals surface area contributed by atoms with E-state index in [4.69, 9.17) is 0 Å². The van der Waals surface area contributed by atoms with E-state index in [9.17, 15) is 13.2 Å². The van der Waals surface area contributed by atoms with Gasteiger partial charge in [0.25, 0.3) is 0 Å². The van der Waals surface area contributed by atoms with E-state index >= 15 is 0 Å². The number of thioether (sulfide) groups is 1. The Bertz CT molecular complexity index is 697. The van der Waals surface area contributed by atoms with Gasteiger partial charge in [-0.3, -0.25) is 4.79 Å². The first-order chi connectivity index (χ1) is 10.4. The van der Waals surface area contributed by atoms with Gasteiger partial charge in [0.15, 0.2) is 0 Å². The molecule has 0 N–H and O–H groups in total. The van der Waals surface area contributed by atoms with E-state index in [1.807, 2.05) is 6.07 Å². The summed E-state index contributed by atoms with van der Waals surface area (Å²) in [6.07, 6.45) is 1.83. The Hall–Kier alpha value is -1.05. The van der Waals surface area contributed by atoms with Gasteiger partial charge in [-0.25, -0.2) is 8.42 Å². The van der Waals surface area contributed by atoms with Crippen molar-refractivity contribution in [3.63, 3.8) is 0 Å². The molecule has 1 saturated heterocycles. The van der Waals surface area contributed by atoms with Gasteiger partial charge in [0.05, 0.1) is 10.6 Å². The van der Waals surface area contributed by atoms with Crippen LogP contribution in [0.15, 0.2) is 28.0 Å². The summed E-state index contributed by atoms with van der Waals surface area (Å²) in [6.45, 7) is 5.37. The highest BCUT2D eigenvalue weighted by molar-refractivity contribution is 8.00. The third-order valence-electron chi connectivity index (χ3n) is 4.07. The first-order valence-corrected chi connectivity index (χ1v) is 9.80. The minimum Gasteiger partial charge on any atom is -0.310 e. The Morgan fingerprint density at radius 2 is 1.95 bits per heavy atom. The molecule has 0 aromatic heterocycles. The molecule has 5 nitrogen and oxygen atoms in total. The van der Waals surface area contributed by atoms with Gasteiger partial charge in [-0.2, -0.15) is 4.31 Å². The molecule has 0 saturated carbocycles. The second kappa shape index (κ2) is 5.86. The molecule has 0 bridgehead atoms. The van der Waals surface area contributed by atoms with Crippen molar-refractivity contribution in [2.45, 2.75) is 41.7 Å². The van der Waals surface area contributed by atoms with Crippen molar-refractivity contribution in [3.05, 3.63) is 18.2 Å². The van der Waals surface area contributed by atoms with Crippen molar-refractivity contribution >= 4 is 33.4 Å². The first-order valence-electron chi connectivity index (χ1n) is 7.48. The number of carbonyl (C=O) groups is 1. The lowest BCUT2D eigenvalue weighted by molar-refractivity contribution is -0.116. The molecule has 0 radical (unpaired) electrons. The van der Waals surface area contributed by atoms with E-state index < -0.39 is 10.0 Å². The van der Waals surface area contributed by atoms with Crippen LogP contribution in [0.2, 0.25) is 0 Å². The van der Waals surface area contributed by atoms with E-state index in [0.29, 0.717) is 24.9 Å². The second-order valence-corrected chi connectivity index (χ2v) is 9.22. The molecule has 0 spiro atoms. The number of amides is 1. The summed E-state index contributed by atoms with van der Waals surface area (Å²) in [7, 11) is -3.45. The van der Waals surface area contributed by atoms with Gasteiger partial charge in [0, 0.05) is 36.7 Å². The average molecular weight is 340 g/mol. The molecule has 2 aliphatic heterocycles. The fourth-order valence-electron chi connectivity index (χ4n) is 2.95. The third kappa shape index (κ3) is 2.77. The number of fused-ring (bicyclic) bond motifs is 1. The van der Waals surface area contributed by atoms with Crippen molar-refractivity contribution in [1.29, 1.82) is 0 Å². The largest absolute Gasteiger partial charge is 0.310 e. The van der Waals surface area contributed by atoms with Gasteiger partial charge in [0.2, 0.25) is 15.9 Å². The summed E-state index contributed by atoms with van der Waals surface area (Å²) in [5.41, 5.74) is 0.718. The van der Waals surface area contributed by atoms with Gasteiger partial charge < -0.3 is 4.90 Å². The number of rotatable bonds is 2. The molecular weight excluding hydrogens is 320 g/mol. The highest BCUT2D eigenvalue weighted by atomic mass is 32.2. The molecule has 0 aliphatic carbocycles. The molecule has 1 aromatic rings. The highest BCUT2D eigenvalue weighted by Gasteiger charge is 2.30. The van der Waals surface area contributed by atoms with Crippen LogP contribution in [0.4, 0.5) is 5.69 Å². The maximum atomic E-state index is 12.7. The molecule has 3 rings (SSSR count). The van der Waals surface area contributed by atoms with Gasteiger partial charge >= 0.3 is 0 Å². The van der Waals surface area contributed by atoms with Gasteiger partial charge in [-0.1, -0.05) is 6.92 Å². The van der Waals surface area contributed by atoms with Crippen molar-refractivity contribution in [2.24, 2.45) is 0 Å². The predicted molar refractivity (Wildman–Crippen MR) is 87.8 cm³/mol. The van der Waals surface area contributed by atoms with Crippen LogP contribution < -0.4 is 4.90 Å². The minimum atomic E-state index is -3.45. The van der Waals surface area contributed by atoms with Crippen molar-refractivity contribution in [1.82, 2.24) is 4.31 Å². The summed E-state index contributed by atoms with van der Waals surface area (Å²) in [5.74, 6) is -0.0517. The zero-order chi connectivity index (χ0) is 15.9. The fourth-order valence-corrected chi connectivity index (χ4v) is 5.58. The number of benzene rings is 1. The van der Waals surface area contributed by atoms with E-state index in [2.05, 4.69) is 6.92 Å². The van der Waals surface area contributed by atoms with Crippen LogP contribution in [0, 0.1) is 0 Å². The normalized spacial score (nSPS) is 22.6. The Balaban J connectivity index is 2.02. The van der Waals surface area contributed by atoms with Crippen LogP contribution in [-0.4, -0.2) is 43.5 Å². The lowest BCUT2D eigenvalue weighted by atomic mass is 10.2.